The first-order valence-corrected chi connectivity index (χ1v) is 5.69. The van der Waals surface area contributed by atoms with Crippen LogP contribution in [-0.2, 0) is 4.74 Å². The fourth-order valence-corrected chi connectivity index (χ4v) is 1.58. The maximum atomic E-state index is 13.1. The molecule has 1 fully saturated rings. The minimum absolute atomic E-state index is 0.0294. The van der Waals surface area contributed by atoms with Crippen molar-refractivity contribution < 1.29 is 18.3 Å². The van der Waals surface area contributed by atoms with Crippen molar-refractivity contribution >= 4 is 6.09 Å². The van der Waals surface area contributed by atoms with E-state index in [-0.39, 0.29) is 6.54 Å². The van der Waals surface area contributed by atoms with Gasteiger partial charge in [0.05, 0.1) is 6.04 Å². The lowest BCUT2D eigenvalue weighted by atomic mass is 10.1. The molecule has 4 nitrogen and oxygen atoms in total. The summed E-state index contributed by atoms with van der Waals surface area (Å²) in [4.78, 5) is 13.0. The van der Waals surface area contributed by atoms with E-state index in [1.54, 1.807) is 20.8 Å². The Hall–Kier alpha value is -0.910. The van der Waals surface area contributed by atoms with Gasteiger partial charge in [-0.05, 0) is 20.8 Å². The molecule has 1 aliphatic rings. The Morgan fingerprint density at radius 2 is 1.94 bits per heavy atom. The first kappa shape index (κ1) is 14.2. The molecule has 1 heterocycles. The van der Waals surface area contributed by atoms with Crippen LogP contribution in [0, 0.1) is 0 Å². The molecule has 1 atom stereocenters. The largest absolute Gasteiger partial charge is 0.444 e. The molecule has 1 aliphatic heterocycles. The van der Waals surface area contributed by atoms with Crippen molar-refractivity contribution in [1.29, 1.82) is 0 Å². The SMILES string of the molecule is CC(C)(C)OC(=O)N1CCN[C@@H](C(C)(F)F)C1. The highest BCUT2D eigenvalue weighted by atomic mass is 19.3. The number of halogens is 2. The van der Waals surface area contributed by atoms with Crippen molar-refractivity contribution in [3.05, 3.63) is 0 Å². The Labute approximate surface area is 100 Å². The van der Waals surface area contributed by atoms with E-state index >= 15 is 0 Å². The number of hydrogen-bond donors (Lipinski definition) is 1. The lowest BCUT2D eigenvalue weighted by molar-refractivity contribution is -0.0434. The lowest BCUT2D eigenvalue weighted by Gasteiger charge is -2.36. The van der Waals surface area contributed by atoms with Gasteiger partial charge in [0.25, 0.3) is 5.92 Å². The standard InChI is InChI=1S/C11H20F2N2O2/c1-10(2,3)17-9(16)15-6-5-14-8(7-15)11(4,12)13/h8,14H,5-7H2,1-4H3/t8-/m1/s1. The molecule has 0 aromatic carbocycles. The summed E-state index contributed by atoms with van der Waals surface area (Å²) in [5, 5.41) is 2.71. The molecule has 6 heteroatoms. The van der Waals surface area contributed by atoms with Crippen LogP contribution in [0.4, 0.5) is 13.6 Å². The average Bonchev–Trinajstić information content (AvgIpc) is 2.14. The van der Waals surface area contributed by atoms with Crippen LogP contribution in [-0.4, -0.2) is 48.2 Å². The molecule has 0 aliphatic carbocycles. The Balaban J connectivity index is 2.58. The predicted octanol–water partition coefficient (Wildman–Crippen LogP) is 1.85. The smallest absolute Gasteiger partial charge is 0.410 e. The van der Waals surface area contributed by atoms with Crippen LogP contribution in [0.1, 0.15) is 27.7 Å². The summed E-state index contributed by atoms with van der Waals surface area (Å²) in [5.41, 5.74) is -0.605. The maximum Gasteiger partial charge on any atom is 0.410 e. The average molecular weight is 250 g/mol. The number of carbonyl (C=O) groups excluding carboxylic acids is 1. The fourth-order valence-electron chi connectivity index (χ4n) is 1.58. The normalized spacial score (nSPS) is 22.5. The Morgan fingerprint density at radius 3 is 2.41 bits per heavy atom. The predicted molar refractivity (Wildman–Crippen MR) is 60.2 cm³/mol. The molecule has 17 heavy (non-hydrogen) atoms. The monoisotopic (exact) mass is 250 g/mol. The van der Waals surface area contributed by atoms with E-state index in [0.29, 0.717) is 13.1 Å². The molecule has 100 valence electrons. The van der Waals surface area contributed by atoms with E-state index in [2.05, 4.69) is 5.32 Å². The highest BCUT2D eigenvalue weighted by Crippen LogP contribution is 2.21. The van der Waals surface area contributed by atoms with Crippen molar-refractivity contribution in [2.24, 2.45) is 0 Å². The summed E-state index contributed by atoms with van der Waals surface area (Å²) in [6.45, 7) is 6.81. The van der Waals surface area contributed by atoms with Gasteiger partial charge in [0.1, 0.15) is 5.60 Å². The summed E-state index contributed by atoms with van der Waals surface area (Å²) >= 11 is 0. The number of hydrogen-bond acceptors (Lipinski definition) is 3. The number of nitrogens with one attached hydrogen (secondary N) is 1. The summed E-state index contributed by atoms with van der Waals surface area (Å²) in [5.74, 6) is -2.85. The van der Waals surface area contributed by atoms with Gasteiger partial charge in [-0.3, -0.25) is 0 Å². The number of carbonyl (C=O) groups is 1. The quantitative estimate of drug-likeness (QED) is 0.772. The number of alkyl halides is 2. The van der Waals surface area contributed by atoms with Gasteiger partial charge < -0.3 is 15.0 Å². The van der Waals surface area contributed by atoms with E-state index in [4.69, 9.17) is 4.74 Å². The van der Waals surface area contributed by atoms with Crippen molar-refractivity contribution in [1.82, 2.24) is 10.2 Å². The topological polar surface area (TPSA) is 41.6 Å². The Kier molecular flexibility index (Phi) is 3.96. The summed E-state index contributed by atoms with van der Waals surface area (Å²) in [7, 11) is 0. The van der Waals surface area contributed by atoms with Crippen LogP contribution in [0.15, 0.2) is 0 Å². The Bertz CT molecular complexity index is 284. The lowest BCUT2D eigenvalue weighted by Crippen LogP contribution is -2.59. The highest BCUT2D eigenvalue weighted by Gasteiger charge is 2.39. The third-order valence-corrected chi connectivity index (χ3v) is 2.44. The second kappa shape index (κ2) is 4.76. The van der Waals surface area contributed by atoms with Crippen LogP contribution >= 0.6 is 0 Å². The molecular formula is C11H20F2N2O2. The molecule has 0 saturated carbocycles. The van der Waals surface area contributed by atoms with Crippen LogP contribution in [0.3, 0.4) is 0 Å². The number of ether oxygens (including phenoxy) is 1. The fraction of sp³-hybridized carbons (Fsp3) is 0.909. The van der Waals surface area contributed by atoms with Gasteiger partial charge in [-0.25, -0.2) is 13.6 Å². The van der Waals surface area contributed by atoms with Crippen LogP contribution in [0.25, 0.3) is 0 Å². The molecule has 0 aromatic heterocycles. The zero-order valence-corrected chi connectivity index (χ0v) is 10.7. The van der Waals surface area contributed by atoms with Crippen molar-refractivity contribution in [3.63, 3.8) is 0 Å². The molecule has 0 radical (unpaired) electrons. The molecule has 0 bridgehead atoms. The van der Waals surface area contributed by atoms with E-state index in [9.17, 15) is 13.6 Å². The molecule has 0 spiro atoms. The molecule has 1 saturated heterocycles. The van der Waals surface area contributed by atoms with Crippen LogP contribution in [0.2, 0.25) is 0 Å². The van der Waals surface area contributed by atoms with E-state index in [0.717, 1.165) is 6.92 Å². The summed E-state index contributed by atoms with van der Waals surface area (Å²) < 4.78 is 31.4. The van der Waals surface area contributed by atoms with Gasteiger partial charge in [-0.15, -0.1) is 0 Å². The first-order chi connectivity index (χ1) is 7.59. The van der Waals surface area contributed by atoms with Crippen molar-refractivity contribution in [3.8, 4) is 0 Å². The zero-order valence-electron chi connectivity index (χ0n) is 10.7. The molecule has 0 unspecified atom stereocenters. The maximum absolute atomic E-state index is 13.1. The van der Waals surface area contributed by atoms with Gasteiger partial charge >= 0.3 is 6.09 Å². The van der Waals surface area contributed by atoms with Gasteiger partial charge in [0.15, 0.2) is 0 Å². The van der Waals surface area contributed by atoms with Gasteiger partial charge in [-0.1, -0.05) is 0 Å². The van der Waals surface area contributed by atoms with E-state index in [1.165, 1.54) is 4.90 Å². The second-order valence-electron chi connectivity index (χ2n) is 5.39. The summed E-state index contributed by atoms with van der Waals surface area (Å²) in [6.07, 6.45) is -0.534. The molecule has 1 rings (SSSR count). The van der Waals surface area contributed by atoms with E-state index in [1.807, 2.05) is 0 Å². The number of amides is 1. The van der Waals surface area contributed by atoms with E-state index < -0.39 is 23.7 Å². The number of rotatable bonds is 1. The first-order valence-electron chi connectivity index (χ1n) is 5.69. The van der Waals surface area contributed by atoms with Gasteiger partial charge in [0.2, 0.25) is 0 Å². The Morgan fingerprint density at radius 1 is 1.35 bits per heavy atom. The third-order valence-electron chi connectivity index (χ3n) is 2.44. The van der Waals surface area contributed by atoms with Crippen LogP contribution < -0.4 is 5.32 Å². The minimum atomic E-state index is -2.85. The van der Waals surface area contributed by atoms with Crippen LogP contribution in [0.5, 0.6) is 0 Å². The van der Waals surface area contributed by atoms with Crippen molar-refractivity contribution in [2.75, 3.05) is 19.6 Å². The van der Waals surface area contributed by atoms with Gasteiger partial charge in [-0.2, -0.15) is 0 Å². The highest BCUT2D eigenvalue weighted by molar-refractivity contribution is 5.68. The molecule has 1 amide bonds. The molecule has 1 N–H and O–H groups in total. The zero-order chi connectivity index (χ0) is 13.3. The molecule has 0 aromatic rings. The second-order valence-corrected chi connectivity index (χ2v) is 5.39. The number of nitrogens with zero attached hydrogens (tertiary/aromatic N) is 1. The molecular weight excluding hydrogens is 230 g/mol. The summed E-state index contributed by atoms with van der Waals surface area (Å²) in [6, 6.07) is -1.01. The minimum Gasteiger partial charge on any atom is -0.444 e. The van der Waals surface area contributed by atoms with Crippen molar-refractivity contribution in [2.45, 2.75) is 45.3 Å². The third kappa shape index (κ3) is 4.46. The van der Waals surface area contributed by atoms with Gasteiger partial charge in [0, 0.05) is 26.6 Å². The number of piperazine rings is 1.